The lowest BCUT2D eigenvalue weighted by Crippen LogP contribution is -2.24. The van der Waals surface area contributed by atoms with Gasteiger partial charge < -0.3 is 15.2 Å². The Labute approximate surface area is 127 Å². The molecule has 0 aromatic heterocycles. The van der Waals surface area contributed by atoms with E-state index in [2.05, 4.69) is 6.07 Å². The van der Waals surface area contributed by atoms with Crippen molar-refractivity contribution in [2.75, 3.05) is 13.2 Å². The minimum absolute atomic E-state index is 0.163. The zero-order valence-electron chi connectivity index (χ0n) is 13.6. The number of rotatable bonds is 7. The largest absolute Gasteiger partial charge is 0.493 e. The Morgan fingerprint density at radius 2 is 2.00 bits per heavy atom. The monoisotopic (exact) mass is 293 g/mol. The maximum Gasteiger partial charge on any atom is 0.306 e. The number of nitrogens with two attached hydrogens (primary N) is 1. The highest BCUT2D eigenvalue weighted by atomic mass is 16.6. The van der Waals surface area contributed by atoms with Crippen LogP contribution in [0.25, 0.3) is 0 Å². The number of ether oxygens (including phenoxy) is 2. The molecule has 0 bridgehead atoms. The van der Waals surface area contributed by atoms with Crippen LogP contribution in [-0.4, -0.2) is 24.7 Å². The third kappa shape index (κ3) is 7.14. The van der Waals surface area contributed by atoms with E-state index < -0.39 is 5.60 Å². The van der Waals surface area contributed by atoms with Crippen molar-refractivity contribution in [3.63, 3.8) is 0 Å². The summed E-state index contributed by atoms with van der Waals surface area (Å²) < 4.78 is 11.0. The van der Waals surface area contributed by atoms with E-state index >= 15 is 0 Å². The van der Waals surface area contributed by atoms with Gasteiger partial charge in [-0.05, 0) is 64.3 Å². The molecule has 0 aliphatic rings. The molecule has 0 saturated heterocycles. The average molecular weight is 293 g/mol. The maximum absolute atomic E-state index is 11.7. The molecular weight excluding hydrogens is 266 g/mol. The lowest BCUT2D eigenvalue weighted by atomic mass is 10.1. The molecule has 0 heterocycles. The second-order valence-corrected chi connectivity index (χ2v) is 6.18. The van der Waals surface area contributed by atoms with E-state index in [9.17, 15) is 4.79 Å². The van der Waals surface area contributed by atoms with E-state index in [1.165, 1.54) is 0 Å². The zero-order valence-corrected chi connectivity index (χ0v) is 13.6. The topological polar surface area (TPSA) is 61.5 Å². The van der Waals surface area contributed by atoms with Gasteiger partial charge in [-0.2, -0.15) is 0 Å². The van der Waals surface area contributed by atoms with Crippen molar-refractivity contribution in [2.24, 2.45) is 5.73 Å². The van der Waals surface area contributed by atoms with E-state index in [1.807, 2.05) is 39.8 Å². The molecule has 0 atom stereocenters. The number of aryl methyl sites for hydroxylation is 2. The smallest absolute Gasteiger partial charge is 0.306 e. The molecule has 0 aliphatic carbocycles. The molecule has 4 heteroatoms. The number of hydrogen-bond donors (Lipinski definition) is 1. The second-order valence-electron chi connectivity index (χ2n) is 6.18. The molecule has 0 aliphatic heterocycles. The molecule has 0 unspecified atom stereocenters. The summed E-state index contributed by atoms with van der Waals surface area (Å²) in [5.41, 5.74) is 7.21. The van der Waals surface area contributed by atoms with Crippen LogP contribution in [0.4, 0.5) is 0 Å². The molecule has 2 N–H and O–H groups in total. The van der Waals surface area contributed by atoms with Crippen molar-refractivity contribution >= 4 is 5.97 Å². The number of benzene rings is 1. The van der Waals surface area contributed by atoms with Crippen LogP contribution in [0.1, 0.15) is 44.7 Å². The van der Waals surface area contributed by atoms with Crippen molar-refractivity contribution in [2.45, 2.75) is 52.6 Å². The number of esters is 1. The predicted octanol–water partition coefficient (Wildman–Crippen LogP) is 3.00. The summed E-state index contributed by atoms with van der Waals surface area (Å²) in [6.07, 6.45) is 1.92. The van der Waals surface area contributed by atoms with Crippen LogP contribution in [0.5, 0.6) is 5.75 Å². The summed E-state index contributed by atoms with van der Waals surface area (Å²) in [6, 6.07) is 6.01. The Kier molecular flexibility index (Phi) is 6.69. The predicted molar refractivity (Wildman–Crippen MR) is 84.5 cm³/mol. The first kappa shape index (κ1) is 17.5. The van der Waals surface area contributed by atoms with E-state index in [0.717, 1.165) is 23.3 Å². The summed E-state index contributed by atoms with van der Waals surface area (Å²) in [4.78, 5) is 11.7. The number of carbonyl (C=O) groups excluding carboxylic acids is 1. The first-order valence-electron chi connectivity index (χ1n) is 7.46. The lowest BCUT2D eigenvalue weighted by Gasteiger charge is -2.19. The van der Waals surface area contributed by atoms with Gasteiger partial charge in [-0.3, -0.25) is 4.79 Å². The molecular formula is C17H27NO3. The van der Waals surface area contributed by atoms with E-state index in [4.69, 9.17) is 15.2 Å². The fraction of sp³-hybridized carbons (Fsp3) is 0.588. The molecule has 118 valence electrons. The first-order chi connectivity index (χ1) is 9.81. The lowest BCUT2D eigenvalue weighted by molar-refractivity contribution is -0.154. The van der Waals surface area contributed by atoms with Gasteiger partial charge in [0.25, 0.3) is 0 Å². The molecule has 21 heavy (non-hydrogen) atoms. The molecule has 4 nitrogen and oxygen atoms in total. The van der Waals surface area contributed by atoms with Gasteiger partial charge >= 0.3 is 5.97 Å². The minimum Gasteiger partial charge on any atom is -0.493 e. The normalized spacial score (nSPS) is 11.3. The van der Waals surface area contributed by atoms with Crippen LogP contribution in [0.3, 0.4) is 0 Å². The van der Waals surface area contributed by atoms with Crippen LogP contribution in [0.15, 0.2) is 18.2 Å². The highest BCUT2D eigenvalue weighted by molar-refractivity contribution is 5.70. The summed E-state index contributed by atoms with van der Waals surface area (Å²) in [5.74, 6) is 0.716. The first-order valence-corrected chi connectivity index (χ1v) is 7.46. The van der Waals surface area contributed by atoms with Crippen LogP contribution in [0, 0.1) is 6.92 Å². The van der Waals surface area contributed by atoms with Gasteiger partial charge in [-0.15, -0.1) is 0 Å². The van der Waals surface area contributed by atoms with Gasteiger partial charge in [0.15, 0.2) is 0 Å². The van der Waals surface area contributed by atoms with Gasteiger partial charge in [0, 0.05) is 6.42 Å². The Bertz CT molecular complexity index is 464. The molecule has 1 aromatic carbocycles. The summed E-state index contributed by atoms with van der Waals surface area (Å²) in [5, 5.41) is 0. The van der Waals surface area contributed by atoms with Crippen molar-refractivity contribution in [1.29, 1.82) is 0 Å². The van der Waals surface area contributed by atoms with Gasteiger partial charge in [-0.1, -0.05) is 12.1 Å². The Morgan fingerprint density at radius 1 is 1.29 bits per heavy atom. The molecule has 0 spiro atoms. The van der Waals surface area contributed by atoms with Gasteiger partial charge in [0.05, 0.1) is 6.61 Å². The highest BCUT2D eigenvalue weighted by Gasteiger charge is 2.16. The molecule has 0 fully saturated rings. The third-order valence-corrected chi connectivity index (χ3v) is 2.88. The molecule has 1 rings (SSSR count). The molecule has 1 aromatic rings. The van der Waals surface area contributed by atoms with Crippen molar-refractivity contribution in [3.8, 4) is 5.75 Å². The summed E-state index contributed by atoms with van der Waals surface area (Å²) >= 11 is 0. The van der Waals surface area contributed by atoms with Crippen LogP contribution in [-0.2, 0) is 16.0 Å². The second kappa shape index (κ2) is 8.03. The van der Waals surface area contributed by atoms with Crippen LogP contribution >= 0.6 is 0 Å². The van der Waals surface area contributed by atoms with Crippen LogP contribution in [0.2, 0.25) is 0 Å². The Morgan fingerprint density at radius 3 is 2.57 bits per heavy atom. The number of hydrogen-bond acceptors (Lipinski definition) is 4. The average Bonchev–Trinajstić information content (AvgIpc) is 2.37. The molecule has 0 radical (unpaired) electrons. The summed E-state index contributed by atoms with van der Waals surface area (Å²) in [7, 11) is 0. The SMILES string of the molecule is Cc1cc(CCC(=O)OC(C)(C)C)ccc1OCCCN. The standard InChI is InChI=1S/C17H27NO3/c1-13-12-14(6-8-15(13)20-11-5-10-18)7-9-16(19)21-17(2,3)4/h6,8,12H,5,7,9-11,18H2,1-4H3. The molecule has 0 amide bonds. The maximum atomic E-state index is 11.7. The van der Waals surface area contributed by atoms with Crippen molar-refractivity contribution in [3.05, 3.63) is 29.3 Å². The molecule has 0 saturated carbocycles. The van der Waals surface area contributed by atoms with E-state index in [-0.39, 0.29) is 5.97 Å². The zero-order chi connectivity index (χ0) is 15.9. The van der Waals surface area contributed by atoms with E-state index in [1.54, 1.807) is 0 Å². The van der Waals surface area contributed by atoms with Crippen LogP contribution < -0.4 is 10.5 Å². The van der Waals surface area contributed by atoms with E-state index in [0.29, 0.717) is 26.0 Å². The summed E-state index contributed by atoms with van der Waals surface area (Å²) in [6.45, 7) is 8.91. The van der Waals surface area contributed by atoms with Gasteiger partial charge in [0.2, 0.25) is 0 Å². The number of carbonyl (C=O) groups is 1. The van der Waals surface area contributed by atoms with Crippen molar-refractivity contribution < 1.29 is 14.3 Å². The van der Waals surface area contributed by atoms with Gasteiger partial charge in [0.1, 0.15) is 11.4 Å². The fourth-order valence-electron chi connectivity index (χ4n) is 1.93. The fourth-order valence-corrected chi connectivity index (χ4v) is 1.93. The quantitative estimate of drug-likeness (QED) is 0.620. The third-order valence-electron chi connectivity index (χ3n) is 2.88. The highest BCUT2D eigenvalue weighted by Crippen LogP contribution is 2.20. The van der Waals surface area contributed by atoms with Crippen molar-refractivity contribution in [1.82, 2.24) is 0 Å². The Hall–Kier alpha value is -1.55. The van der Waals surface area contributed by atoms with Gasteiger partial charge in [-0.25, -0.2) is 0 Å². The Balaban J connectivity index is 2.50. The minimum atomic E-state index is -0.423.